The van der Waals surface area contributed by atoms with Gasteiger partial charge >= 0.3 is 0 Å². The SMILES string of the molecule is CC(C)c1cccc(C(C)C)c1N1C=C[NH+](c2c(C(C)C)cccc2C(C)C)C1=C1N(c2c(C(C)C)cccc2C(C)C)CCN1c1c(C(C)C)cccc1C(C)C.[Cl-]. The topological polar surface area (TPSA) is 14.2 Å². The lowest BCUT2D eigenvalue weighted by Gasteiger charge is -2.36. The van der Waals surface area contributed by atoms with Gasteiger partial charge in [0.1, 0.15) is 11.9 Å². The Balaban J connectivity index is 0.00000661. The summed E-state index contributed by atoms with van der Waals surface area (Å²) < 4.78 is 0. The molecule has 1 saturated heterocycles. The molecule has 5 heteroatoms. The van der Waals surface area contributed by atoms with Gasteiger partial charge in [-0.1, -0.05) is 184 Å². The van der Waals surface area contributed by atoms with E-state index in [1.807, 2.05) is 0 Å². The first-order valence-corrected chi connectivity index (χ1v) is 22.6. The standard InChI is InChI=1S/C54H74N4.ClH/c1-33(2)41-21-17-22-42(34(3)4)49(41)55-29-30-56(50-43(35(5)6)23-18-24-44(50)36(7)8)53(55)54-57(51-45(37(9)10)25-19-26-46(51)38(11)12)31-32-58(54)52-47(39(13)14)27-20-28-48(52)40(15)16;/h17-30,33-40H,31-32H2,1-16H3;1H. The first-order chi connectivity index (χ1) is 27.5. The van der Waals surface area contributed by atoms with Gasteiger partial charge in [-0.3, -0.25) is 4.90 Å². The van der Waals surface area contributed by atoms with Crippen LogP contribution in [-0.2, 0) is 0 Å². The number of rotatable bonds is 12. The van der Waals surface area contributed by atoms with E-state index in [4.69, 9.17) is 0 Å². The number of nitrogens with zero attached hydrogens (tertiary/aromatic N) is 3. The van der Waals surface area contributed by atoms with Crippen molar-refractivity contribution in [1.82, 2.24) is 0 Å². The van der Waals surface area contributed by atoms with E-state index in [1.165, 1.54) is 83.8 Å². The maximum Gasteiger partial charge on any atom is 0.263 e. The highest BCUT2D eigenvalue weighted by atomic mass is 35.5. The number of para-hydroxylation sites is 4. The number of anilines is 3. The van der Waals surface area contributed by atoms with Gasteiger partial charge in [-0.15, -0.1) is 0 Å². The number of halogens is 1. The zero-order valence-corrected chi connectivity index (χ0v) is 40.1. The van der Waals surface area contributed by atoms with Crippen molar-refractivity contribution in [3.8, 4) is 0 Å². The Hall–Kier alpha value is -3.99. The average Bonchev–Trinajstić information content (AvgIpc) is 3.80. The molecule has 0 bridgehead atoms. The molecule has 4 aromatic carbocycles. The monoisotopic (exact) mass is 815 g/mol. The van der Waals surface area contributed by atoms with Gasteiger partial charge in [-0.05, 0) is 80.7 Å². The van der Waals surface area contributed by atoms with E-state index < -0.39 is 0 Å². The third-order valence-corrected chi connectivity index (χ3v) is 12.6. The van der Waals surface area contributed by atoms with Crippen LogP contribution in [0.3, 0.4) is 0 Å². The molecule has 4 aromatic rings. The van der Waals surface area contributed by atoms with Crippen LogP contribution in [0.25, 0.3) is 0 Å². The third kappa shape index (κ3) is 8.64. The van der Waals surface area contributed by atoms with Gasteiger partial charge < -0.3 is 22.2 Å². The fourth-order valence-corrected chi connectivity index (χ4v) is 9.60. The quantitative estimate of drug-likeness (QED) is 0.153. The summed E-state index contributed by atoms with van der Waals surface area (Å²) in [4.78, 5) is 9.50. The van der Waals surface area contributed by atoms with Gasteiger partial charge in [-0.2, -0.15) is 0 Å². The lowest BCUT2D eigenvalue weighted by molar-refractivity contribution is -0.726. The fraction of sp³-hybridized carbons (Fsp3) is 0.481. The zero-order valence-electron chi connectivity index (χ0n) is 39.3. The molecule has 1 N–H and O–H groups in total. The second-order valence-corrected chi connectivity index (χ2v) is 19.5. The molecule has 0 amide bonds. The molecule has 0 radical (unpaired) electrons. The highest BCUT2D eigenvalue weighted by Crippen LogP contribution is 2.47. The molecule has 318 valence electrons. The molecular weight excluding hydrogens is 740 g/mol. The van der Waals surface area contributed by atoms with E-state index in [2.05, 4.69) is 211 Å². The zero-order chi connectivity index (χ0) is 42.3. The van der Waals surface area contributed by atoms with Crippen LogP contribution in [0.2, 0.25) is 0 Å². The van der Waals surface area contributed by atoms with Crippen LogP contribution in [0.1, 0.15) is 203 Å². The van der Waals surface area contributed by atoms with Crippen molar-refractivity contribution in [1.29, 1.82) is 0 Å². The largest absolute Gasteiger partial charge is 1.00 e. The number of hydrogen-bond acceptors (Lipinski definition) is 3. The first-order valence-electron chi connectivity index (χ1n) is 22.6. The maximum atomic E-state index is 2.77. The summed E-state index contributed by atoms with van der Waals surface area (Å²) in [5.41, 5.74) is 16.8. The molecule has 0 saturated carbocycles. The Morgan fingerprint density at radius 2 is 0.661 bits per heavy atom. The van der Waals surface area contributed by atoms with E-state index in [-0.39, 0.29) is 12.4 Å². The van der Waals surface area contributed by atoms with Crippen molar-refractivity contribution in [3.05, 3.63) is 141 Å². The minimum absolute atomic E-state index is 0. The Bertz CT molecular complexity index is 1900. The summed E-state index contributed by atoms with van der Waals surface area (Å²) in [6.45, 7) is 39.7. The maximum absolute atomic E-state index is 2.77. The number of benzene rings is 4. The van der Waals surface area contributed by atoms with Crippen molar-refractivity contribution in [2.24, 2.45) is 0 Å². The van der Waals surface area contributed by atoms with E-state index in [9.17, 15) is 0 Å². The molecule has 1 atom stereocenters. The van der Waals surface area contributed by atoms with E-state index in [0.717, 1.165) is 13.1 Å². The van der Waals surface area contributed by atoms with E-state index >= 15 is 0 Å². The van der Waals surface area contributed by atoms with Crippen LogP contribution in [0.15, 0.2) is 96.8 Å². The number of hydrogen-bond donors (Lipinski definition) is 1. The molecule has 0 aromatic heterocycles. The Morgan fingerprint density at radius 3 is 0.949 bits per heavy atom. The highest BCUT2D eigenvalue weighted by molar-refractivity contribution is 5.77. The first kappa shape index (κ1) is 46.1. The van der Waals surface area contributed by atoms with Gasteiger partial charge in [0.25, 0.3) is 5.82 Å². The summed E-state index contributed by atoms with van der Waals surface area (Å²) in [6.07, 6.45) is 4.90. The van der Waals surface area contributed by atoms with Gasteiger partial charge in [0.2, 0.25) is 0 Å². The smallest absolute Gasteiger partial charge is 0.263 e. The molecule has 2 aliphatic rings. The highest BCUT2D eigenvalue weighted by Gasteiger charge is 2.45. The van der Waals surface area contributed by atoms with Crippen LogP contribution < -0.4 is 32.0 Å². The molecular formula is C54H75ClN4. The molecule has 1 fully saturated rings. The van der Waals surface area contributed by atoms with Crippen molar-refractivity contribution in [3.63, 3.8) is 0 Å². The molecule has 2 heterocycles. The van der Waals surface area contributed by atoms with Crippen molar-refractivity contribution >= 4 is 22.7 Å². The Morgan fingerprint density at radius 1 is 0.390 bits per heavy atom. The predicted molar refractivity (Wildman–Crippen MR) is 252 cm³/mol. The van der Waals surface area contributed by atoms with Crippen LogP contribution in [0.4, 0.5) is 22.7 Å². The molecule has 0 spiro atoms. The van der Waals surface area contributed by atoms with Gasteiger partial charge in [0, 0.05) is 35.6 Å². The summed E-state index contributed by atoms with van der Waals surface area (Å²) in [5, 5.41) is 0. The molecule has 6 rings (SSSR count). The van der Waals surface area contributed by atoms with Crippen molar-refractivity contribution in [2.75, 3.05) is 27.8 Å². The van der Waals surface area contributed by atoms with Crippen LogP contribution >= 0.6 is 0 Å². The number of quaternary nitrogens is 1. The van der Waals surface area contributed by atoms with Crippen molar-refractivity contribution < 1.29 is 17.3 Å². The van der Waals surface area contributed by atoms with E-state index in [1.54, 1.807) is 0 Å². The lowest BCUT2D eigenvalue weighted by atomic mass is 9.90. The third-order valence-electron chi connectivity index (χ3n) is 12.6. The predicted octanol–water partition coefficient (Wildman–Crippen LogP) is 11.3. The minimum atomic E-state index is 0. The second-order valence-electron chi connectivity index (χ2n) is 19.5. The van der Waals surface area contributed by atoms with Crippen LogP contribution in [0, 0.1) is 0 Å². The second kappa shape index (κ2) is 18.7. The van der Waals surface area contributed by atoms with Gasteiger partial charge in [-0.25, -0.2) is 4.90 Å². The fourth-order valence-electron chi connectivity index (χ4n) is 9.60. The molecule has 59 heavy (non-hydrogen) atoms. The van der Waals surface area contributed by atoms with Gasteiger partial charge in [0.05, 0.1) is 11.9 Å². The molecule has 2 aliphatic heterocycles. The summed E-state index contributed by atoms with van der Waals surface area (Å²) in [5.74, 6) is 5.50. The van der Waals surface area contributed by atoms with Gasteiger partial charge in [0.15, 0.2) is 5.82 Å². The normalized spacial score (nSPS) is 16.0. The van der Waals surface area contributed by atoms with Crippen molar-refractivity contribution in [2.45, 2.75) is 158 Å². The van der Waals surface area contributed by atoms with Crippen LogP contribution in [-0.4, -0.2) is 13.1 Å². The Labute approximate surface area is 365 Å². The summed E-state index contributed by atoms with van der Waals surface area (Å²) >= 11 is 0. The molecule has 1 unspecified atom stereocenters. The summed E-state index contributed by atoms with van der Waals surface area (Å²) in [6, 6.07) is 28.3. The number of nitrogens with one attached hydrogen (secondary N) is 1. The Kier molecular flexibility index (Phi) is 14.6. The molecule has 0 aliphatic carbocycles. The lowest BCUT2D eigenvalue weighted by Crippen LogP contribution is -3.01. The molecule has 4 nitrogen and oxygen atoms in total. The summed E-state index contributed by atoms with van der Waals surface area (Å²) in [7, 11) is 0. The van der Waals surface area contributed by atoms with E-state index in [0.29, 0.717) is 47.3 Å². The average molecular weight is 816 g/mol. The van der Waals surface area contributed by atoms with Crippen LogP contribution in [0.5, 0.6) is 0 Å². The minimum Gasteiger partial charge on any atom is -1.00 e.